The van der Waals surface area contributed by atoms with Crippen LogP contribution >= 0.6 is 0 Å². The summed E-state index contributed by atoms with van der Waals surface area (Å²) in [5.41, 5.74) is 18.3. The van der Waals surface area contributed by atoms with Crippen LogP contribution in [0.25, 0.3) is 33.4 Å². The second-order valence-electron chi connectivity index (χ2n) is 10.8. The van der Waals surface area contributed by atoms with Crippen LogP contribution in [0.15, 0.2) is 146 Å². The third-order valence-corrected chi connectivity index (χ3v) is 8.00. The number of aliphatic hydroxyl groups is 2. The van der Waals surface area contributed by atoms with Gasteiger partial charge in [-0.05, 0) is 94.3 Å². The molecule has 0 heterocycles. The van der Waals surface area contributed by atoms with E-state index in [0.717, 1.165) is 61.6 Å². The average molecular weight is 577 g/mol. The van der Waals surface area contributed by atoms with Crippen LogP contribution < -0.4 is 10.6 Å². The number of nitrogens with zero attached hydrogens (tertiary/aromatic N) is 1. The lowest BCUT2D eigenvalue weighted by atomic mass is 9.83. The SMILES string of the molecule is Nc1ccc(-c2cc(-c3ccccc3)c(N(c3ccccc3)c3ccccc3)c(CCO)c2-c2ccccc2)cc1CCO. The van der Waals surface area contributed by atoms with E-state index in [1.54, 1.807) is 0 Å². The fourth-order valence-corrected chi connectivity index (χ4v) is 6.01. The number of nitrogens with two attached hydrogens (primary N) is 1. The van der Waals surface area contributed by atoms with Crippen LogP contribution in [0.5, 0.6) is 0 Å². The smallest absolute Gasteiger partial charge is 0.0579 e. The maximum atomic E-state index is 10.6. The lowest BCUT2D eigenvalue weighted by Crippen LogP contribution is -2.15. The number of rotatable bonds is 10. The van der Waals surface area contributed by atoms with Crippen molar-refractivity contribution in [2.75, 3.05) is 23.8 Å². The van der Waals surface area contributed by atoms with E-state index >= 15 is 0 Å². The number of anilines is 4. The minimum absolute atomic E-state index is 0.0144. The minimum Gasteiger partial charge on any atom is -0.399 e. The Hall–Kier alpha value is -5.16. The Morgan fingerprint density at radius 1 is 0.500 bits per heavy atom. The molecule has 0 saturated carbocycles. The Balaban J connectivity index is 1.78. The van der Waals surface area contributed by atoms with Crippen molar-refractivity contribution in [1.82, 2.24) is 0 Å². The van der Waals surface area contributed by atoms with E-state index < -0.39 is 0 Å². The zero-order chi connectivity index (χ0) is 30.3. The van der Waals surface area contributed by atoms with E-state index in [4.69, 9.17) is 5.73 Å². The van der Waals surface area contributed by atoms with Gasteiger partial charge < -0.3 is 20.8 Å². The summed E-state index contributed by atoms with van der Waals surface area (Å²) in [5.74, 6) is 0. The van der Waals surface area contributed by atoms with E-state index in [2.05, 4.69) is 120 Å². The first kappa shape index (κ1) is 28.9. The molecule has 44 heavy (non-hydrogen) atoms. The van der Waals surface area contributed by atoms with Gasteiger partial charge in [-0.2, -0.15) is 0 Å². The molecule has 0 amide bonds. The summed E-state index contributed by atoms with van der Waals surface area (Å²) in [4.78, 5) is 2.31. The van der Waals surface area contributed by atoms with Crippen LogP contribution in [0.1, 0.15) is 11.1 Å². The van der Waals surface area contributed by atoms with Crippen molar-refractivity contribution in [2.45, 2.75) is 12.8 Å². The monoisotopic (exact) mass is 576 g/mol. The van der Waals surface area contributed by atoms with Crippen LogP contribution in [0.3, 0.4) is 0 Å². The molecular weight excluding hydrogens is 540 g/mol. The van der Waals surface area contributed by atoms with E-state index in [9.17, 15) is 10.2 Å². The molecule has 0 fully saturated rings. The van der Waals surface area contributed by atoms with Crippen LogP contribution in [-0.2, 0) is 12.8 Å². The highest BCUT2D eigenvalue weighted by Crippen LogP contribution is 2.50. The molecule has 0 aliphatic carbocycles. The summed E-state index contributed by atoms with van der Waals surface area (Å²) in [6, 6.07) is 50.0. The normalized spacial score (nSPS) is 11.0. The Bertz CT molecular complexity index is 1780. The number of benzene rings is 6. The van der Waals surface area contributed by atoms with Crippen molar-refractivity contribution in [3.8, 4) is 33.4 Å². The molecule has 0 atom stereocenters. The highest BCUT2D eigenvalue weighted by atomic mass is 16.3. The standard InChI is InChI=1S/C40H36N2O2/c41-38-22-21-31(27-32(38)23-25-43)36-28-37(29-13-5-1-6-14-29)40(35(24-26-44)39(36)30-15-7-2-8-16-30)42(33-17-9-3-10-18-33)34-19-11-4-12-20-34/h1-22,27-28,43-44H,23-26,41H2. The molecule has 0 spiro atoms. The molecule has 0 bridgehead atoms. The summed E-state index contributed by atoms with van der Waals surface area (Å²) in [6.07, 6.45) is 0.922. The van der Waals surface area contributed by atoms with Gasteiger partial charge >= 0.3 is 0 Å². The fourth-order valence-electron chi connectivity index (χ4n) is 6.01. The van der Waals surface area contributed by atoms with Gasteiger partial charge in [0.25, 0.3) is 0 Å². The maximum absolute atomic E-state index is 10.6. The van der Waals surface area contributed by atoms with E-state index in [1.165, 1.54) is 0 Å². The van der Waals surface area contributed by atoms with Gasteiger partial charge in [0.15, 0.2) is 0 Å². The molecule has 4 heteroatoms. The summed E-state index contributed by atoms with van der Waals surface area (Å²) in [6.45, 7) is 0.00566. The predicted octanol–water partition coefficient (Wildman–Crippen LogP) is 8.81. The molecular formula is C40H36N2O2. The second-order valence-corrected chi connectivity index (χ2v) is 10.8. The van der Waals surface area contributed by atoms with Gasteiger partial charge in [0.05, 0.1) is 5.69 Å². The fraction of sp³-hybridized carbons (Fsp3) is 0.100. The van der Waals surface area contributed by atoms with E-state index in [0.29, 0.717) is 18.5 Å². The first-order chi connectivity index (χ1) is 21.7. The second kappa shape index (κ2) is 13.4. The quantitative estimate of drug-likeness (QED) is 0.143. The van der Waals surface area contributed by atoms with E-state index in [-0.39, 0.29) is 13.2 Å². The predicted molar refractivity (Wildman–Crippen MR) is 183 cm³/mol. The van der Waals surface area contributed by atoms with Crippen molar-refractivity contribution in [1.29, 1.82) is 0 Å². The van der Waals surface area contributed by atoms with Gasteiger partial charge in [0, 0.05) is 35.8 Å². The first-order valence-corrected chi connectivity index (χ1v) is 15.0. The molecule has 0 unspecified atom stereocenters. The summed E-state index contributed by atoms with van der Waals surface area (Å²) >= 11 is 0. The van der Waals surface area contributed by atoms with Crippen LogP contribution in [0.4, 0.5) is 22.7 Å². The Morgan fingerprint density at radius 2 is 1.02 bits per heavy atom. The first-order valence-electron chi connectivity index (χ1n) is 15.0. The molecule has 0 saturated heterocycles. The van der Waals surface area contributed by atoms with Crippen molar-refractivity contribution in [2.24, 2.45) is 0 Å². The minimum atomic E-state index is -0.0144. The van der Waals surface area contributed by atoms with Crippen LogP contribution in [-0.4, -0.2) is 23.4 Å². The highest BCUT2D eigenvalue weighted by Gasteiger charge is 2.26. The molecule has 4 nitrogen and oxygen atoms in total. The Morgan fingerprint density at radius 3 is 1.57 bits per heavy atom. The van der Waals surface area contributed by atoms with E-state index in [1.807, 2.05) is 30.3 Å². The highest BCUT2D eigenvalue weighted by molar-refractivity contribution is 6.00. The third-order valence-electron chi connectivity index (χ3n) is 8.00. The lowest BCUT2D eigenvalue weighted by Gasteiger charge is -2.33. The largest absolute Gasteiger partial charge is 0.399 e. The molecule has 4 N–H and O–H groups in total. The molecule has 218 valence electrons. The van der Waals surface area contributed by atoms with Crippen molar-refractivity contribution >= 4 is 22.7 Å². The molecule has 0 aliphatic heterocycles. The maximum Gasteiger partial charge on any atom is 0.0579 e. The molecule has 6 aromatic carbocycles. The molecule has 6 aromatic rings. The Labute approximate surface area is 259 Å². The number of nitrogen functional groups attached to an aromatic ring is 1. The number of aliphatic hydroxyl groups excluding tert-OH is 2. The van der Waals surface area contributed by atoms with Gasteiger partial charge in [-0.3, -0.25) is 0 Å². The summed E-state index contributed by atoms with van der Waals surface area (Å²) in [7, 11) is 0. The van der Waals surface area contributed by atoms with Crippen molar-refractivity contribution in [3.05, 3.63) is 157 Å². The topological polar surface area (TPSA) is 69.7 Å². The lowest BCUT2D eigenvalue weighted by molar-refractivity contribution is 0.299. The third kappa shape index (κ3) is 5.86. The van der Waals surface area contributed by atoms with Gasteiger partial charge in [0.1, 0.15) is 0 Å². The number of hydrogen-bond acceptors (Lipinski definition) is 4. The van der Waals surface area contributed by atoms with Gasteiger partial charge in [-0.25, -0.2) is 0 Å². The van der Waals surface area contributed by atoms with Crippen molar-refractivity contribution < 1.29 is 10.2 Å². The zero-order valence-corrected chi connectivity index (χ0v) is 24.6. The van der Waals surface area contributed by atoms with Crippen molar-refractivity contribution in [3.63, 3.8) is 0 Å². The molecule has 0 aliphatic rings. The van der Waals surface area contributed by atoms with Gasteiger partial charge in [0.2, 0.25) is 0 Å². The zero-order valence-electron chi connectivity index (χ0n) is 24.6. The average Bonchev–Trinajstić information content (AvgIpc) is 3.08. The summed E-state index contributed by atoms with van der Waals surface area (Å²) in [5, 5.41) is 20.4. The van der Waals surface area contributed by atoms with Gasteiger partial charge in [-0.1, -0.05) is 103 Å². The number of hydrogen-bond donors (Lipinski definition) is 3. The number of para-hydroxylation sites is 2. The van der Waals surface area contributed by atoms with Crippen LogP contribution in [0, 0.1) is 0 Å². The van der Waals surface area contributed by atoms with Gasteiger partial charge in [-0.15, -0.1) is 0 Å². The summed E-state index contributed by atoms with van der Waals surface area (Å²) < 4.78 is 0. The molecule has 6 rings (SSSR count). The van der Waals surface area contributed by atoms with Crippen LogP contribution in [0.2, 0.25) is 0 Å². The molecule has 0 aromatic heterocycles. The molecule has 0 radical (unpaired) electrons. The Kier molecular flexibility index (Phi) is 8.83.